The smallest absolute Gasteiger partial charge is 0.255 e. The molecule has 33 heavy (non-hydrogen) atoms. The number of nitrogen functional groups attached to an aromatic ring is 1. The maximum absolute atomic E-state index is 13.1. The van der Waals surface area contributed by atoms with E-state index in [1.807, 2.05) is 59.6 Å². The maximum Gasteiger partial charge on any atom is 0.255 e. The molecule has 2 heterocycles. The highest BCUT2D eigenvalue weighted by Gasteiger charge is 2.23. The number of amides is 1. The molecule has 1 unspecified atom stereocenters. The Morgan fingerprint density at radius 2 is 1.61 bits per heavy atom. The molecule has 1 aromatic heterocycles. The van der Waals surface area contributed by atoms with Crippen LogP contribution < -0.4 is 10.6 Å². The van der Waals surface area contributed by atoms with Crippen molar-refractivity contribution in [3.63, 3.8) is 0 Å². The largest absolute Gasteiger partial charge is 0.384 e. The van der Waals surface area contributed by atoms with E-state index in [1.54, 1.807) is 6.20 Å². The van der Waals surface area contributed by atoms with Crippen molar-refractivity contribution in [2.24, 2.45) is 5.73 Å². The monoisotopic (exact) mass is 485 g/mol. The summed E-state index contributed by atoms with van der Waals surface area (Å²) in [6.07, 6.45) is 3.50. The molecule has 1 amide bonds. The van der Waals surface area contributed by atoms with E-state index in [-0.39, 0.29) is 42.5 Å². The molecule has 0 aliphatic carbocycles. The number of rotatable bonds is 5. The molecule has 8 heteroatoms. The van der Waals surface area contributed by atoms with Gasteiger partial charge in [0, 0.05) is 55.7 Å². The molecular formula is C25H29Cl2N5O. The van der Waals surface area contributed by atoms with Gasteiger partial charge in [0.05, 0.1) is 5.56 Å². The summed E-state index contributed by atoms with van der Waals surface area (Å²) in [5, 5.41) is 7.63. The summed E-state index contributed by atoms with van der Waals surface area (Å²) in [6.45, 7) is 4.89. The van der Waals surface area contributed by atoms with E-state index in [1.165, 1.54) is 5.56 Å². The van der Waals surface area contributed by atoms with Gasteiger partial charge in [0.2, 0.25) is 0 Å². The van der Waals surface area contributed by atoms with Crippen LogP contribution in [0.3, 0.4) is 0 Å². The van der Waals surface area contributed by atoms with Crippen molar-refractivity contribution >= 4 is 42.2 Å². The number of hydrogen-bond donors (Lipinski definition) is 2. The first-order valence-corrected chi connectivity index (χ1v) is 10.5. The van der Waals surface area contributed by atoms with Crippen LogP contribution in [0, 0.1) is 5.41 Å². The van der Waals surface area contributed by atoms with Crippen LogP contribution in [0.5, 0.6) is 0 Å². The lowest BCUT2D eigenvalue weighted by atomic mass is 9.93. The molecule has 1 aliphatic heterocycles. The van der Waals surface area contributed by atoms with Crippen LogP contribution in [0.1, 0.15) is 39.9 Å². The van der Waals surface area contributed by atoms with Crippen molar-refractivity contribution in [2.75, 3.05) is 31.1 Å². The minimum Gasteiger partial charge on any atom is -0.384 e. The minimum atomic E-state index is 0. The van der Waals surface area contributed by atoms with Crippen LogP contribution >= 0.6 is 24.8 Å². The van der Waals surface area contributed by atoms with E-state index >= 15 is 0 Å². The number of benzene rings is 2. The second-order valence-corrected chi connectivity index (χ2v) is 7.88. The van der Waals surface area contributed by atoms with Gasteiger partial charge in [-0.1, -0.05) is 49.4 Å². The van der Waals surface area contributed by atoms with E-state index in [2.05, 4.69) is 28.9 Å². The Labute approximate surface area is 207 Å². The van der Waals surface area contributed by atoms with Gasteiger partial charge in [-0.3, -0.25) is 15.2 Å². The number of halogens is 2. The second-order valence-electron chi connectivity index (χ2n) is 7.88. The van der Waals surface area contributed by atoms with Crippen LogP contribution in [0.15, 0.2) is 73.1 Å². The van der Waals surface area contributed by atoms with Crippen molar-refractivity contribution in [3.8, 4) is 0 Å². The first kappa shape index (κ1) is 26.2. The molecule has 0 bridgehead atoms. The molecule has 1 saturated heterocycles. The Bertz CT molecular complexity index is 1080. The fraction of sp³-hybridized carbons (Fsp3) is 0.240. The zero-order valence-electron chi connectivity index (χ0n) is 18.5. The maximum atomic E-state index is 13.1. The number of aromatic nitrogens is 1. The van der Waals surface area contributed by atoms with Gasteiger partial charge in [0.15, 0.2) is 0 Å². The minimum absolute atomic E-state index is 0. The third kappa shape index (κ3) is 6.03. The van der Waals surface area contributed by atoms with Gasteiger partial charge in [-0.05, 0) is 29.3 Å². The van der Waals surface area contributed by atoms with Crippen LogP contribution in [-0.2, 0) is 0 Å². The number of carbonyl (C=O) groups excluding carboxylic acids is 1. The van der Waals surface area contributed by atoms with Gasteiger partial charge in [-0.2, -0.15) is 0 Å². The molecule has 4 rings (SSSR count). The Balaban J connectivity index is 0.00000193. The Hall–Kier alpha value is -3.09. The highest BCUT2D eigenvalue weighted by atomic mass is 35.5. The number of pyridine rings is 1. The molecule has 1 aliphatic rings. The normalized spacial score (nSPS) is 14.0. The average molecular weight is 486 g/mol. The van der Waals surface area contributed by atoms with Gasteiger partial charge >= 0.3 is 0 Å². The lowest BCUT2D eigenvalue weighted by molar-refractivity contribution is 0.0746. The summed E-state index contributed by atoms with van der Waals surface area (Å²) < 4.78 is 0. The standard InChI is InChI=1S/C25H27N5O.2ClH/c1-18(19-6-3-2-4-7-19)21-14-22(17-28-16-21)25(31)30-12-10-29(11-13-30)23-9-5-8-20(15-23)24(26)27;;/h2-9,14-18H,10-13H2,1H3,(H3,26,27);2*1H. The fourth-order valence-electron chi connectivity index (χ4n) is 3.97. The van der Waals surface area contributed by atoms with Crippen LogP contribution in [0.25, 0.3) is 0 Å². The van der Waals surface area contributed by atoms with Gasteiger partial charge in [-0.15, -0.1) is 24.8 Å². The van der Waals surface area contributed by atoms with E-state index in [0.29, 0.717) is 24.2 Å². The summed E-state index contributed by atoms with van der Waals surface area (Å²) in [5.74, 6) is 0.256. The van der Waals surface area contributed by atoms with Crippen molar-refractivity contribution in [1.29, 1.82) is 5.41 Å². The van der Waals surface area contributed by atoms with Crippen LogP contribution in [0.2, 0.25) is 0 Å². The zero-order valence-corrected chi connectivity index (χ0v) is 20.1. The number of nitrogens with zero attached hydrogens (tertiary/aromatic N) is 3. The summed E-state index contributed by atoms with van der Waals surface area (Å²) in [4.78, 5) is 21.6. The third-order valence-corrected chi connectivity index (χ3v) is 5.90. The van der Waals surface area contributed by atoms with Gasteiger partial charge in [-0.25, -0.2) is 0 Å². The molecule has 6 nitrogen and oxygen atoms in total. The predicted molar refractivity (Wildman–Crippen MR) is 138 cm³/mol. The molecule has 1 fully saturated rings. The first-order valence-electron chi connectivity index (χ1n) is 10.5. The number of carbonyl (C=O) groups is 1. The SMILES string of the molecule is CC(c1ccccc1)c1cncc(C(=O)N2CCN(c3cccc(C(=N)N)c3)CC2)c1.Cl.Cl. The third-order valence-electron chi connectivity index (χ3n) is 5.90. The number of hydrogen-bond acceptors (Lipinski definition) is 4. The molecule has 0 radical (unpaired) electrons. The Kier molecular flexibility index (Phi) is 9.26. The average Bonchev–Trinajstić information content (AvgIpc) is 2.84. The topological polar surface area (TPSA) is 86.3 Å². The summed E-state index contributed by atoms with van der Waals surface area (Å²) in [7, 11) is 0. The quantitative estimate of drug-likeness (QED) is 0.416. The predicted octanol–water partition coefficient (Wildman–Crippen LogP) is 4.32. The van der Waals surface area contributed by atoms with Crippen molar-refractivity contribution in [3.05, 3.63) is 95.3 Å². The number of piperazine rings is 1. The van der Waals surface area contributed by atoms with Crippen molar-refractivity contribution in [2.45, 2.75) is 12.8 Å². The lowest BCUT2D eigenvalue weighted by Gasteiger charge is -2.36. The molecule has 2 aromatic carbocycles. The highest BCUT2D eigenvalue weighted by molar-refractivity contribution is 5.96. The number of nitrogens with one attached hydrogen (secondary N) is 1. The summed E-state index contributed by atoms with van der Waals surface area (Å²) >= 11 is 0. The molecule has 3 N–H and O–H groups in total. The molecule has 174 valence electrons. The fourth-order valence-corrected chi connectivity index (χ4v) is 3.97. The zero-order chi connectivity index (χ0) is 21.8. The molecule has 0 saturated carbocycles. The first-order chi connectivity index (χ1) is 15.0. The van der Waals surface area contributed by atoms with E-state index in [4.69, 9.17) is 11.1 Å². The van der Waals surface area contributed by atoms with Gasteiger partial charge < -0.3 is 15.5 Å². The summed E-state index contributed by atoms with van der Waals surface area (Å²) in [5.41, 5.74) is 10.2. The van der Waals surface area contributed by atoms with Gasteiger partial charge in [0.25, 0.3) is 5.91 Å². The van der Waals surface area contributed by atoms with Crippen LogP contribution in [0.4, 0.5) is 5.69 Å². The van der Waals surface area contributed by atoms with Crippen molar-refractivity contribution < 1.29 is 4.79 Å². The Morgan fingerprint density at radius 3 is 2.27 bits per heavy atom. The molecular weight excluding hydrogens is 457 g/mol. The number of nitrogens with two attached hydrogens (primary N) is 1. The molecule has 3 aromatic rings. The van der Waals surface area contributed by atoms with E-state index in [0.717, 1.165) is 24.3 Å². The highest BCUT2D eigenvalue weighted by Crippen LogP contribution is 2.24. The Morgan fingerprint density at radius 1 is 0.909 bits per heavy atom. The van der Waals surface area contributed by atoms with E-state index < -0.39 is 0 Å². The molecule has 0 spiro atoms. The van der Waals surface area contributed by atoms with E-state index in [9.17, 15) is 4.79 Å². The molecule has 1 atom stereocenters. The second kappa shape index (κ2) is 11.7. The summed E-state index contributed by atoms with van der Waals surface area (Å²) in [6, 6.07) is 19.9. The van der Waals surface area contributed by atoms with Crippen LogP contribution in [-0.4, -0.2) is 47.8 Å². The van der Waals surface area contributed by atoms with Crippen molar-refractivity contribution in [1.82, 2.24) is 9.88 Å². The number of amidine groups is 1. The lowest BCUT2D eigenvalue weighted by Crippen LogP contribution is -2.48. The van der Waals surface area contributed by atoms with Gasteiger partial charge in [0.1, 0.15) is 5.84 Å². The number of anilines is 1.